The molecule has 1 saturated carbocycles. The van der Waals surface area contributed by atoms with E-state index in [1.54, 1.807) is 6.07 Å². The molecule has 1 aromatic rings. The number of guanidine groups is 1. The number of nitrogens with zero attached hydrogens (tertiary/aromatic N) is 1. The SMILES string of the molecule is CCNC(=NCc1cccc(C(F)(F)F)c1)NCCS(=O)(=O)NCC1CCC1.I. The Labute approximate surface area is 187 Å². The van der Waals surface area contributed by atoms with Gasteiger partial charge in [0.1, 0.15) is 0 Å². The zero-order chi connectivity index (χ0) is 20.6. The number of nitrogens with one attached hydrogen (secondary N) is 3. The number of halogens is 4. The third-order valence-corrected chi connectivity index (χ3v) is 5.85. The summed E-state index contributed by atoms with van der Waals surface area (Å²) in [5.74, 6) is 0.691. The highest BCUT2D eigenvalue weighted by atomic mass is 127. The van der Waals surface area contributed by atoms with Gasteiger partial charge in [-0.3, -0.25) is 0 Å². The van der Waals surface area contributed by atoms with Gasteiger partial charge in [0.15, 0.2) is 5.96 Å². The highest BCUT2D eigenvalue weighted by molar-refractivity contribution is 14.0. The molecule has 166 valence electrons. The molecule has 1 aliphatic carbocycles. The minimum absolute atomic E-state index is 0. The largest absolute Gasteiger partial charge is 0.416 e. The standard InChI is InChI=1S/C18H27F3N4O2S.HI/c1-2-22-17(23-9-10-28(26,27)25-13-14-5-3-6-14)24-12-15-7-4-8-16(11-15)18(19,20)21;/h4,7-8,11,14,25H,2-3,5-6,9-10,12-13H2,1H3,(H2,22,23,24);1H. The Kier molecular flexibility index (Phi) is 10.7. The summed E-state index contributed by atoms with van der Waals surface area (Å²) in [6.45, 7) is 3.06. The second-order valence-electron chi connectivity index (χ2n) is 6.78. The summed E-state index contributed by atoms with van der Waals surface area (Å²) in [6.07, 6.45) is -1.12. The van der Waals surface area contributed by atoms with Crippen molar-refractivity contribution in [1.29, 1.82) is 0 Å². The third-order valence-electron chi connectivity index (χ3n) is 4.50. The molecule has 1 aliphatic rings. The first-order chi connectivity index (χ1) is 13.2. The lowest BCUT2D eigenvalue weighted by atomic mass is 9.86. The summed E-state index contributed by atoms with van der Waals surface area (Å²) >= 11 is 0. The molecular formula is C18H28F3IN4O2S. The molecule has 0 saturated heterocycles. The molecule has 1 fully saturated rings. The van der Waals surface area contributed by atoms with Crippen LogP contribution in [-0.2, 0) is 22.7 Å². The molecule has 0 aromatic heterocycles. The molecule has 1 aromatic carbocycles. The van der Waals surface area contributed by atoms with Gasteiger partial charge in [0, 0.05) is 19.6 Å². The van der Waals surface area contributed by atoms with Crippen LogP contribution in [-0.4, -0.2) is 39.8 Å². The number of alkyl halides is 3. The Morgan fingerprint density at radius 3 is 2.55 bits per heavy atom. The monoisotopic (exact) mass is 548 g/mol. The van der Waals surface area contributed by atoms with Gasteiger partial charge in [-0.25, -0.2) is 18.1 Å². The van der Waals surface area contributed by atoms with Crippen LogP contribution in [0.3, 0.4) is 0 Å². The van der Waals surface area contributed by atoms with E-state index in [-0.39, 0.29) is 42.8 Å². The fourth-order valence-corrected chi connectivity index (χ4v) is 3.68. The lowest BCUT2D eigenvalue weighted by Crippen LogP contribution is -2.42. The predicted octanol–water partition coefficient (Wildman–Crippen LogP) is 3.10. The molecule has 11 heteroatoms. The minimum Gasteiger partial charge on any atom is -0.357 e. The van der Waals surface area contributed by atoms with Crippen LogP contribution >= 0.6 is 24.0 Å². The normalized spacial score (nSPS) is 15.4. The van der Waals surface area contributed by atoms with Gasteiger partial charge in [-0.15, -0.1) is 24.0 Å². The van der Waals surface area contributed by atoms with Crippen LogP contribution in [0.15, 0.2) is 29.3 Å². The maximum atomic E-state index is 12.8. The first-order valence-electron chi connectivity index (χ1n) is 9.35. The van der Waals surface area contributed by atoms with Crippen molar-refractivity contribution in [2.24, 2.45) is 10.9 Å². The Balaban J connectivity index is 0.00000420. The molecule has 3 N–H and O–H groups in total. The molecule has 6 nitrogen and oxygen atoms in total. The van der Waals surface area contributed by atoms with Crippen molar-refractivity contribution in [3.8, 4) is 0 Å². The average Bonchev–Trinajstić information content (AvgIpc) is 2.57. The van der Waals surface area contributed by atoms with E-state index >= 15 is 0 Å². The second kappa shape index (κ2) is 11.9. The van der Waals surface area contributed by atoms with Crippen LogP contribution in [0.1, 0.15) is 37.3 Å². The fourth-order valence-electron chi connectivity index (χ4n) is 2.68. The number of benzene rings is 1. The predicted molar refractivity (Wildman–Crippen MR) is 119 cm³/mol. The zero-order valence-corrected chi connectivity index (χ0v) is 19.4. The summed E-state index contributed by atoms with van der Waals surface area (Å²) in [4.78, 5) is 4.23. The molecule has 0 atom stereocenters. The van der Waals surface area contributed by atoms with E-state index in [1.807, 2.05) is 6.92 Å². The molecule has 0 radical (unpaired) electrons. The maximum absolute atomic E-state index is 12.8. The number of hydrogen-bond donors (Lipinski definition) is 3. The van der Waals surface area contributed by atoms with Gasteiger partial charge >= 0.3 is 6.18 Å². The molecule has 0 spiro atoms. The summed E-state index contributed by atoms with van der Waals surface area (Å²) in [5, 5.41) is 5.86. The minimum atomic E-state index is -4.40. The number of hydrogen-bond acceptors (Lipinski definition) is 3. The highest BCUT2D eigenvalue weighted by Crippen LogP contribution is 2.29. The van der Waals surface area contributed by atoms with E-state index in [2.05, 4.69) is 20.3 Å². The summed E-state index contributed by atoms with van der Waals surface area (Å²) < 4.78 is 65.0. The van der Waals surface area contributed by atoms with Crippen LogP contribution in [0.4, 0.5) is 13.2 Å². The smallest absolute Gasteiger partial charge is 0.357 e. The second-order valence-corrected chi connectivity index (χ2v) is 8.71. The van der Waals surface area contributed by atoms with E-state index in [0.717, 1.165) is 31.4 Å². The Morgan fingerprint density at radius 1 is 1.24 bits per heavy atom. The van der Waals surface area contributed by atoms with Crippen molar-refractivity contribution in [2.75, 3.05) is 25.4 Å². The lowest BCUT2D eigenvalue weighted by Gasteiger charge is -2.25. The average molecular weight is 548 g/mol. The molecule has 0 bridgehead atoms. The van der Waals surface area contributed by atoms with Gasteiger partial charge in [-0.1, -0.05) is 18.6 Å². The van der Waals surface area contributed by atoms with Crippen LogP contribution < -0.4 is 15.4 Å². The molecule has 0 unspecified atom stereocenters. The van der Waals surface area contributed by atoms with Crippen molar-refractivity contribution in [3.63, 3.8) is 0 Å². The molecule has 0 amide bonds. The topological polar surface area (TPSA) is 82.6 Å². The van der Waals surface area contributed by atoms with E-state index in [9.17, 15) is 21.6 Å². The van der Waals surface area contributed by atoms with Gasteiger partial charge in [0.25, 0.3) is 0 Å². The van der Waals surface area contributed by atoms with Crippen molar-refractivity contribution >= 4 is 40.0 Å². The summed E-state index contributed by atoms with van der Waals surface area (Å²) in [6, 6.07) is 4.98. The first kappa shape index (κ1) is 26.0. The molecule has 0 aliphatic heterocycles. The molecule has 29 heavy (non-hydrogen) atoms. The van der Waals surface area contributed by atoms with Crippen molar-refractivity contribution in [3.05, 3.63) is 35.4 Å². The quantitative estimate of drug-likeness (QED) is 0.252. The van der Waals surface area contributed by atoms with Crippen LogP contribution in [0.2, 0.25) is 0 Å². The van der Waals surface area contributed by atoms with E-state index in [0.29, 0.717) is 30.5 Å². The van der Waals surface area contributed by atoms with Crippen LogP contribution in [0.5, 0.6) is 0 Å². The first-order valence-corrected chi connectivity index (χ1v) is 11.0. The van der Waals surface area contributed by atoms with Gasteiger partial charge in [-0.2, -0.15) is 13.2 Å². The molecule has 2 rings (SSSR count). The number of rotatable bonds is 9. The van der Waals surface area contributed by atoms with Crippen molar-refractivity contribution in [1.82, 2.24) is 15.4 Å². The highest BCUT2D eigenvalue weighted by Gasteiger charge is 2.30. The van der Waals surface area contributed by atoms with Gasteiger partial charge in [0.2, 0.25) is 10.0 Å². The van der Waals surface area contributed by atoms with Gasteiger partial charge in [0.05, 0.1) is 17.9 Å². The van der Waals surface area contributed by atoms with Crippen LogP contribution in [0.25, 0.3) is 0 Å². The van der Waals surface area contributed by atoms with E-state index in [1.165, 1.54) is 6.07 Å². The summed E-state index contributed by atoms with van der Waals surface area (Å²) in [5.41, 5.74) is -0.302. The third kappa shape index (κ3) is 9.51. The summed E-state index contributed by atoms with van der Waals surface area (Å²) in [7, 11) is -3.37. The van der Waals surface area contributed by atoms with Crippen molar-refractivity contribution < 1.29 is 21.6 Å². The van der Waals surface area contributed by atoms with E-state index in [4.69, 9.17) is 0 Å². The maximum Gasteiger partial charge on any atom is 0.416 e. The zero-order valence-electron chi connectivity index (χ0n) is 16.3. The lowest BCUT2D eigenvalue weighted by molar-refractivity contribution is -0.137. The van der Waals surface area contributed by atoms with Gasteiger partial charge < -0.3 is 10.6 Å². The van der Waals surface area contributed by atoms with E-state index < -0.39 is 21.8 Å². The van der Waals surface area contributed by atoms with Crippen LogP contribution in [0, 0.1) is 5.92 Å². The molecular weight excluding hydrogens is 520 g/mol. The Morgan fingerprint density at radius 2 is 1.97 bits per heavy atom. The van der Waals surface area contributed by atoms with Crippen molar-refractivity contribution in [2.45, 2.75) is 38.9 Å². The Hall–Kier alpha value is -1.08. The number of aliphatic imine (C=N–C) groups is 1. The molecule has 0 heterocycles. The number of sulfonamides is 1. The Bertz CT molecular complexity index is 769. The van der Waals surface area contributed by atoms with Gasteiger partial charge in [-0.05, 0) is 43.4 Å². The fraction of sp³-hybridized carbons (Fsp3) is 0.611.